The van der Waals surface area contributed by atoms with Gasteiger partial charge in [-0.05, 0) is 27.7 Å². The highest BCUT2D eigenvalue weighted by Gasteiger charge is 2.54. The van der Waals surface area contributed by atoms with Crippen LogP contribution in [0, 0.1) is 0 Å². The molecule has 0 aromatic carbocycles. The van der Waals surface area contributed by atoms with Crippen molar-refractivity contribution in [2.24, 2.45) is 0 Å². The Morgan fingerprint density at radius 2 is 1.41 bits per heavy atom. The van der Waals surface area contributed by atoms with Gasteiger partial charge in [-0.3, -0.25) is 0 Å². The third-order valence-electron chi connectivity index (χ3n) is 3.40. The Kier molecular flexibility index (Phi) is 2.55. The molecule has 0 spiro atoms. The van der Waals surface area contributed by atoms with E-state index in [1.165, 1.54) is 0 Å². The second kappa shape index (κ2) is 3.65. The Balaban J connectivity index is 1.70. The molecule has 4 atom stereocenters. The first kappa shape index (κ1) is 11.9. The van der Waals surface area contributed by atoms with Gasteiger partial charge in [-0.1, -0.05) is 0 Å². The minimum atomic E-state index is -0.527. The summed E-state index contributed by atoms with van der Waals surface area (Å²) in [6.07, 6.45) is -0.198. The maximum Gasteiger partial charge on any atom is 0.164 e. The van der Waals surface area contributed by atoms with Crippen molar-refractivity contribution >= 4 is 0 Å². The van der Waals surface area contributed by atoms with Gasteiger partial charge in [0, 0.05) is 0 Å². The molecule has 0 aliphatic carbocycles. The summed E-state index contributed by atoms with van der Waals surface area (Å²) in [6.45, 7) is 8.80. The number of rotatable bonds is 1. The van der Waals surface area contributed by atoms with Gasteiger partial charge < -0.3 is 23.7 Å². The highest BCUT2D eigenvalue weighted by atomic mass is 16.8. The summed E-state index contributed by atoms with van der Waals surface area (Å²) in [6, 6.07) is 0. The van der Waals surface area contributed by atoms with Crippen molar-refractivity contribution < 1.29 is 23.7 Å². The maximum atomic E-state index is 5.88. The molecule has 0 saturated carbocycles. The van der Waals surface area contributed by atoms with Crippen LogP contribution in [0.5, 0.6) is 0 Å². The lowest BCUT2D eigenvalue weighted by atomic mass is 10.1. The first-order valence-electron chi connectivity index (χ1n) is 6.15. The summed E-state index contributed by atoms with van der Waals surface area (Å²) < 4.78 is 28.8. The first-order valence-corrected chi connectivity index (χ1v) is 6.15. The number of hydrogen-bond donors (Lipinski definition) is 0. The molecular weight excluding hydrogens is 224 g/mol. The van der Waals surface area contributed by atoms with Gasteiger partial charge in [-0.25, -0.2) is 0 Å². The van der Waals surface area contributed by atoms with Gasteiger partial charge in [0.2, 0.25) is 0 Å². The van der Waals surface area contributed by atoms with E-state index in [2.05, 4.69) is 0 Å². The minimum Gasteiger partial charge on any atom is -0.370 e. The molecule has 3 rings (SSSR count). The van der Waals surface area contributed by atoms with Crippen LogP contribution in [0.3, 0.4) is 0 Å². The third-order valence-corrected chi connectivity index (χ3v) is 3.40. The van der Waals surface area contributed by atoms with Crippen LogP contribution in [0.2, 0.25) is 0 Å². The second-order valence-electron chi connectivity index (χ2n) is 5.80. The maximum absolute atomic E-state index is 5.88. The van der Waals surface area contributed by atoms with Gasteiger partial charge in [0.15, 0.2) is 11.6 Å². The van der Waals surface area contributed by atoms with E-state index in [0.717, 1.165) is 0 Å². The van der Waals surface area contributed by atoms with Crippen molar-refractivity contribution in [3.05, 3.63) is 0 Å². The minimum absolute atomic E-state index is 0.0160. The molecule has 0 radical (unpaired) electrons. The summed E-state index contributed by atoms with van der Waals surface area (Å²) >= 11 is 0. The number of fused-ring (bicyclic) bond motifs is 1. The van der Waals surface area contributed by atoms with E-state index in [1.807, 2.05) is 27.7 Å². The topological polar surface area (TPSA) is 46.2 Å². The molecule has 3 heterocycles. The van der Waals surface area contributed by atoms with Gasteiger partial charge in [0.1, 0.15) is 24.4 Å². The van der Waals surface area contributed by atoms with Gasteiger partial charge in [0.25, 0.3) is 0 Å². The molecule has 0 aromatic rings. The van der Waals surface area contributed by atoms with Gasteiger partial charge in [0.05, 0.1) is 13.2 Å². The van der Waals surface area contributed by atoms with E-state index < -0.39 is 11.6 Å². The van der Waals surface area contributed by atoms with Crippen LogP contribution in [-0.4, -0.2) is 49.2 Å². The number of ether oxygens (including phenoxy) is 5. The predicted octanol–water partition coefficient (Wildman–Crippen LogP) is 1.06. The molecule has 0 bridgehead atoms. The molecular formula is C12H20O5. The van der Waals surface area contributed by atoms with Crippen molar-refractivity contribution in [3.63, 3.8) is 0 Å². The van der Waals surface area contributed by atoms with Gasteiger partial charge in [-0.15, -0.1) is 0 Å². The second-order valence-corrected chi connectivity index (χ2v) is 5.80. The fraction of sp³-hybridized carbons (Fsp3) is 1.00. The zero-order chi connectivity index (χ0) is 12.3. The molecule has 5 heteroatoms. The van der Waals surface area contributed by atoms with E-state index in [4.69, 9.17) is 23.7 Å². The highest BCUT2D eigenvalue weighted by Crippen LogP contribution is 2.39. The standard InChI is InChI=1S/C12H20O5/c1-11(2)14-6-8(15-11)9-10-7(5-13-9)16-12(3,4)17-10/h7-10H,5-6H2,1-4H3/t7?,8?,9-,10-/m0/s1. The Hall–Kier alpha value is -0.200. The summed E-state index contributed by atoms with van der Waals surface area (Å²) in [4.78, 5) is 0. The SMILES string of the molecule is CC1(C)OCC([C@@H]2OCC3OC(C)(C)O[C@@H]32)O1. The average Bonchev–Trinajstić information content (AvgIpc) is 2.77. The summed E-state index contributed by atoms with van der Waals surface area (Å²) in [5.74, 6) is -1.05. The lowest BCUT2D eigenvalue weighted by Gasteiger charge is -2.25. The Labute approximate surface area is 101 Å². The van der Waals surface area contributed by atoms with E-state index in [0.29, 0.717) is 13.2 Å². The fourth-order valence-electron chi connectivity index (χ4n) is 2.77. The predicted molar refractivity (Wildman–Crippen MR) is 58.5 cm³/mol. The Morgan fingerprint density at radius 3 is 2.06 bits per heavy atom. The summed E-state index contributed by atoms with van der Waals surface area (Å²) in [5.41, 5.74) is 0. The number of hydrogen-bond acceptors (Lipinski definition) is 5. The Bertz CT molecular complexity index is 314. The van der Waals surface area contributed by atoms with E-state index >= 15 is 0 Å². The molecule has 0 N–H and O–H groups in total. The molecule has 17 heavy (non-hydrogen) atoms. The smallest absolute Gasteiger partial charge is 0.164 e. The normalized spacial score (nSPS) is 47.3. The lowest BCUT2D eigenvalue weighted by molar-refractivity contribution is -0.195. The highest BCUT2D eigenvalue weighted by molar-refractivity contribution is 4.97. The van der Waals surface area contributed by atoms with Crippen LogP contribution in [0.4, 0.5) is 0 Å². The lowest BCUT2D eigenvalue weighted by Crippen LogP contribution is -2.40. The van der Waals surface area contributed by atoms with Crippen molar-refractivity contribution in [2.45, 2.75) is 63.7 Å². The van der Waals surface area contributed by atoms with E-state index in [-0.39, 0.29) is 24.4 Å². The van der Waals surface area contributed by atoms with Crippen LogP contribution in [0.25, 0.3) is 0 Å². The molecule has 0 aromatic heterocycles. The molecule has 0 amide bonds. The van der Waals surface area contributed by atoms with Crippen LogP contribution in [0.15, 0.2) is 0 Å². The Morgan fingerprint density at radius 1 is 0.765 bits per heavy atom. The molecule has 3 saturated heterocycles. The van der Waals surface area contributed by atoms with Gasteiger partial charge >= 0.3 is 0 Å². The first-order chi connectivity index (χ1) is 7.86. The van der Waals surface area contributed by atoms with E-state index in [9.17, 15) is 0 Å². The van der Waals surface area contributed by atoms with Crippen LogP contribution in [-0.2, 0) is 23.7 Å². The third kappa shape index (κ3) is 2.11. The molecule has 2 unspecified atom stereocenters. The van der Waals surface area contributed by atoms with Crippen LogP contribution >= 0.6 is 0 Å². The van der Waals surface area contributed by atoms with Crippen molar-refractivity contribution in [2.75, 3.05) is 13.2 Å². The average molecular weight is 244 g/mol. The molecule has 98 valence electrons. The summed E-state index contributed by atoms with van der Waals surface area (Å²) in [7, 11) is 0. The van der Waals surface area contributed by atoms with E-state index in [1.54, 1.807) is 0 Å². The van der Waals surface area contributed by atoms with Crippen molar-refractivity contribution in [3.8, 4) is 0 Å². The molecule has 3 aliphatic rings. The molecule has 5 nitrogen and oxygen atoms in total. The molecule has 3 fully saturated rings. The fourth-order valence-corrected chi connectivity index (χ4v) is 2.77. The molecule has 3 aliphatic heterocycles. The van der Waals surface area contributed by atoms with Crippen molar-refractivity contribution in [1.82, 2.24) is 0 Å². The zero-order valence-electron chi connectivity index (χ0n) is 10.8. The van der Waals surface area contributed by atoms with Crippen molar-refractivity contribution in [1.29, 1.82) is 0 Å². The quantitative estimate of drug-likeness (QED) is 0.690. The zero-order valence-corrected chi connectivity index (χ0v) is 10.8. The van der Waals surface area contributed by atoms with Gasteiger partial charge in [-0.2, -0.15) is 0 Å². The largest absolute Gasteiger partial charge is 0.370 e. The van der Waals surface area contributed by atoms with Crippen LogP contribution in [0.1, 0.15) is 27.7 Å². The monoisotopic (exact) mass is 244 g/mol. The van der Waals surface area contributed by atoms with Crippen LogP contribution < -0.4 is 0 Å². The summed E-state index contributed by atoms with van der Waals surface area (Å²) in [5, 5.41) is 0.